The smallest absolute Gasteiger partial charge is 0.282 e. The predicted octanol–water partition coefficient (Wildman–Crippen LogP) is 0.407. The Hall–Kier alpha value is -2.79. The molecule has 0 radical (unpaired) electrons. The number of rotatable bonds is 6. The van der Waals surface area contributed by atoms with Crippen LogP contribution in [0.2, 0.25) is 0 Å². The van der Waals surface area contributed by atoms with Gasteiger partial charge in [0.25, 0.3) is 11.8 Å². The van der Waals surface area contributed by atoms with Crippen LogP contribution < -0.4 is 5.69 Å². The number of nitrogens with zero attached hydrogens (tertiary/aromatic N) is 5. The maximum absolute atomic E-state index is 12.6. The SMILES string of the molecule is Cn1c(C2CCN(S(C)(=O)=O)CC2)nn(CCCN2C(=O)c3ccccc3C2=O)c1=O. The lowest BCUT2D eigenvalue weighted by molar-refractivity contribution is 0.0650. The third kappa shape index (κ3) is 3.94. The number of aromatic nitrogens is 3. The van der Waals surface area contributed by atoms with Crippen molar-refractivity contribution in [1.29, 1.82) is 0 Å². The van der Waals surface area contributed by atoms with Crippen LogP contribution in [0.25, 0.3) is 0 Å². The Morgan fingerprint density at radius 3 is 2.13 bits per heavy atom. The van der Waals surface area contributed by atoms with E-state index in [-0.39, 0.29) is 36.5 Å². The van der Waals surface area contributed by atoms with Gasteiger partial charge in [-0.2, -0.15) is 5.10 Å². The minimum absolute atomic E-state index is 0.00758. The number of sulfonamides is 1. The third-order valence-corrected chi connectivity index (χ3v) is 7.30. The molecule has 2 amide bonds. The molecule has 2 aliphatic rings. The number of piperidine rings is 1. The van der Waals surface area contributed by atoms with Crippen molar-refractivity contribution in [3.05, 3.63) is 51.7 Å². The number of aryl methyl sites for hydroxylation is 1. The van der Waals surface area contributed by atoms with Crippen LogP contribution in [0.1, 0.15) is 51.7 Å². The maximum Gasteiger partial charge on any atom is 0.345 e. The Bertz CT molecular complexity index is 1160. The van der Waals surface area contributed by atoms with Crippen LogP contribution >= 0.6 is 0 Å². The molecule has 1 aromatic carbocycles. The van der Waals surface area contributed by atoms with Crippen molar-refractivity contribution >= 4 is 21.8 Å². The maximum atomic E-state index is 12.6. The molecule has 11 heteroatoms. The van der Waals surface area contributed by atoms with E-state index in [0.29, 0.717) is 49.3 Å². The summed E-state index contributed by atoms with van der Waals surface area (Å²) in [6.07, 6.45) is 2.82. The zero-order valence-electron chi connectivity index (χ0n) is 17.5. The molecule has 0 atom stereocenters. The van der Waals surface area contributed by atoms with Gasteiger partial charge in [0.1, 0.15) is 5.82 Å². The number of amides is 2. The van der Waals surface area contributed by atoms with E-state index in [4.69, 9.17) is 0 Å². The number of carbonyl (C=O) groups is 2. The highest BCUT2D eigenvalue weighted by molar-refractivity contribution is 7.88. The van der Waals surface area contributed by atoms with Crippen LogP contribution in [0.3, 0.4) is 0 Å². The summed E-state index contributed by atoms with van der Waals surface area (Å²) in [4.78, 5) is 38.7. The van der Waals surface area contributed by atoms with Crippen LogP contribution in [0.5, 0.6) is 0 Å². The van der Waals surface area contributed by atoms with Crippen LogP contribution in [-0.2, 0) is 23.6 Å². The van der Waals surface area contributed by atoms with Crippen molar-refractivity contribution in [2.24, 2.45) is 7.05 Å². The normalized spacial score (nSPS) is 18.1. The van der Waals surface area contributed by atoms with Crippen molar-refractivity contribution in [2.45, 2.75) is 31.7 Å². The van der Waals surface area contributed by atoms with E-state index in [9.17, 15) is 22.8 Å². The van der Waals surface area contributed by atoms with E-state index in [1.165, 1.54) is 24.7 Å². The second kappa shape index (κ2) is 8.04. The van der Waals surface area contributed by atoms with Gasteiger partial charge in [-0.15, -0.1) is 0 Å². The van der Waals surface area contributed by atoms with E-state index in [1.54, 1.807) is 31.3 Å². The van der Waals surface area contributed by atoms with Crippen LogP contribution in [0.15, 0.2) is 29.1 Å². The summed E-state index contributed by atoms with van der Waals surface area (Å²) in [5.41, 5.74) is 0.554. The molecule has 2 aromatic rings. The van der Waals surface area contributed by atoms with Gasteiger partial charge in [-0.05, 0) is 31.4 Å². The average Bonchev–Trinajstić information content (AvgIpc) is 3.16. The van der Waals surface area contributed by atoms with Gasteiger partial charge in [0.2, 0.25) is 10.0 Å². The molecule has 3 heterocycles. The standard InChI is InChI=1S/C20H25N5O5S/c1-22-17(14-8-12-23(13-9-14)31(2,29)30)21-25(20(22)28)11-5-10-24-18(26)15-6-3-4-7-16(15)19(24)27/h3-4,6-7,14H,5,8-13H2,1-2H3. The molecule has 0 bridgehead atoms. The second-order valence-electron chi connectivity index (χ2n) is 8.02. The molecule has 31 heavy (non-hydrogen) atoms. The van der Waals surface area contributed by atoms with Gasteiger partial charge < -0.3 is 0 Å². The molecule has 2 aliphatic heterocycles. The summed E-state index contributed by atoms with van der Waals surface area (Å²) in [7, 11) is -1.55. The number of hydrogen-bond acceptors (Lipinski definition) is 6. The molecule has 4 rings (SSSR count). The summed E-state index contributed by atoms with van der Waals surface area (Å²) in [5.74, 6) is 0.0201. The highest BCUT2D eigenvalue weighted by Crippen LogP contribution is 2.27. The molecule has 0 saturated carbocycles. The fraction of sp³-hybridized carbons (Fsp3) is 0.500. The molecule has 1 saturated heterocycles. The van der Waals surface area contributed by atoms with Gasteiger partial charge in [-0.1, -0.05) is 12.1 Å². The quantitative estimate of drug-likeness (QED) is 0.593. The number of imide groups is 1. The topological polar surface area (TPSA) is 115 Å². The lowest BCUT2D eigenvalue weighted by Crippen LogP contribution is -2.37. The van der Waals surface area contributed by atoms with Gasteiger partial charge in [0.15, 0.2) is 0 Å². The number of benzene rings is 1. The molecular formula is C20H25N5O5S. The Morgan fingerprint density at radius 1 is 1.00 bits per heavy atom. The van der Waals surface area contributed by atoms with Gasteiger partial charge in [0.05, 0.1) is 17.4 Å². The van der Waals surface area contributed by atoms with Crippen LogP contribution in [-0.4, -0.2) is 69.7 Å². The highest BCUT2D eigenvalue weighted by atomic mass is 32.2. The van der Waals surface area contributed by atoms with E-state index in [0.717, 1.165) is 0 Å². The second-order valence-corrected chi connectivity index (χ2v) is 10.0. The van der Waals surface area contributed by atoms with Crippen molar-refractivity contribution < 1.29 is 18.0 Å². The molecule has 1 fully saturated rings. The Morgan fingerprint density at radius 2 is 1.58 bits per heavy atom. The number of hydrogen-bond donors (Lipinski definition) is 0. The van der Waals surface area contributed by atoms with E-state index < -0.39 is 10.0 Å². The van der Waals surface area contributed by atoms with Crippen LogP contribution in [0, 0.1) is 0 Å². The lowest BCUT2D eigenvalue weighted by Gasteiger charge is -2.29. The predicted molar refractivity (Wildman–Crippen MR) is 112 cm³/mol. The highest BCUT2D eigenvalue weighted by Gasteiger charge is 2.34. The molecule has 166 valence electrons. The summed E-state index contributed by atoms with van der Waals surface area (Å²) in [6.45, 7) is 1.30. The zero-order chi connectivity index (χ0) is 22.3. The Balaban J connectivity index is 1.39. The molecule has 0 spiro atoms. The van der Waals surface area contributed by atoms with E-state index in [2.05, 4.69) is 5.10 Å². The molecule has 0 unspecified atom stereocenters. The summed E-state index contributed by atoms with van der Waals surface area (Å²) < 4.78 is 27.7. The summed E-state index contributed by atoms with van der Waals surface area (Å²) in [6, 6.07) is 6.73. The number of fused-ring (bicyclic) bond motifs is 1. The van der Waals surface area contributed by atoms with Crippen molar-refractivity contribution in [3.63, 3.8) is 0 Å². The summed E-state index contributed by atoms with van der Waals surface area (Å²) in [5, 5.41) is 4.47. The first kappa shape index (κ1) is 21.4. The minimum Gasteiger partial charge on any atom is -0.282 e. The first-order valence-corrected chi connectivity index (χ1v) is 12.1. The number of carbonyl (C=O) groups excluding carboxylic acids is 2. The van der Waals surface area contributed by atoms with Gasteiger partial charge in [-0.25, -0.2) is 22.2 Å². The van der Waals surface area contributed by atoms with Gasteiger partial charge in [0, 0.05) is 39.1 Å². The van der Waals surface area contributed by atoms with Crippen molar-refractivity contribution in [3.8, 4) is 0 Å². The molecular weight excluding hydrogens is 422 g/mol. The Kier molecular flexibility index (Phi) is 5.56. The summed E-state index contributed by atoms with van der Waals surface area (Å²) >= 11 is 0. The molecule has 10 nitrogen and oxygen atoms in total. The zero-order valence-corrected chi connectivity index (χ0v) is 18.3. The first-order chi connectivity index (χ1) is 14.7. The molecule has 0 N–H and O–H groups in total. The molecule has 0 aliphatic carbocycles. The minimum atomic E-state index is -3.21. The average molecular weight is 448 g/mol. The third-order valence-electron chi connectivity index (χ3n) is 5.99. The van der Waals surface area contributed by atoms with Crippen molar-refractivity contribution in [2.75, 3.05) is 25.9 Å². The Labute approximate surface area is 180 Å². The lowest BCUT2D eigenvalue weighted by atomic mass is 9.97. The van der Waals surface area contributed by atoms with Crippen LogP contribution in [0.4, 0.5) is 0 Å². The largest absolute Gasteiger partial charge is 0.345 e. The fourth-order valence-corrected chi connectivity index (χ4v) is 5.15. The van der Waals surface area contributed by atoms with E-state index >= 15 is 0 Å². The monoisotopic (exact) mass is 447 g/mol. The fourth-order valence-electron chi connectivity index (χ4n) is 4.27. The van der Waals surface area contributed by atoms with E-state index in [1.807, 2.05) is 0 Å². The molecule has 1 aromatic heterocycles. The van der Waals surface area contributed by atoms with Crippen molar-refractivity contribution in [1.82, 2.24) is 23.6 Å². The first-order valence-electron chi connectivity index (χ1n) is 10.2. The van der Waals surface area contributed by atoms with Gasteiger partial charge >= 0.3 is 5.69 Å². The van der Waals surface area contributed by atoms with Gasteiger partial charge in [-0.3, -0.25) is 19.1 Å².